The summed E-state index contributed by atoms with van der Waals surface area (Å²) in [5.41, 5.74) is 0. The first kappa shape index (κ1) is 9.05. The molecule has 0 spiro atoms. The van der Waals surface area contributed by atoms with Crippen molar-refractivity contribution >= 4 is 0 Å². The normalized spacial score (nSPS) is 35.2. The lowest BCUT2D eigenvalue weighted by molar-refractivity contribution is 0.310. The monoisotopic (exact) mass is 155 g/mol. The van der Waals surface area contributed by atoms with E-state index >= 15 is 0 Å². The van der Waals surface area contributed by atoms with Gasteiger partial charge in [-0.25, -0.2) is 0 Å². The summed E-state index contributed by atoms with van der Waals surface area (Å²) in [6.45, 7) is 7.31. The standard InChI is InChI=1S/C10H21N/c1-4-10-5-6-11(3)8-9(2)7-10/h9-10H,4-8H2,1-3H3/t9-,10?/m1/s1. The Morgan fingerprint density at radius 1 is 1.45 bits per heavy atom. The molecule has 1 unspecified atom stereocenters. The van der Waals surface area contributed by atoms with E-state index in [-0.39, 0.29) is 0 Å². The summed E-state index contributed by atoms with van der Waals surface area (Å²) in [6, 6.07) is 0. The average molecular weight is 155 g/mol. The van der Waals surface area contributed by atoms with Crippen molar-refractivity contribution in [3.63, 3.8) is 0 Å². The molecule has 0 radical (unpaired) electrons. The van der Waals surface area contributed by atoms with Crippen molar-refractivity contribution in [2.75, 3.05) is 20.1 Å². The van der Waals surface area contributed by atoms with E-state index in [2.05, 4.69) is 25.8 Å². The van der Waals surface area contributed by atoms with Crippen molar-refractivity contribution in [3.05, 3.63) is 0 Å². The van der Waals surface area contributed by atoms with E-state index < -0.39 is 0 Å². The van der Waals surface area contributed by atoms with Gasteiger partial charge in [0.2, 0.25) is 0 Å². The summed E-state index contributed by atoms with van der Waals surface area (Å²) in [7, 11) is 2.24. The Morgan fingerprint density at radius 2 is 2.18 bits per heavy atom. The molecule has 0 aromatic heterocycles. The highest BCUT2D eigenvalue weighted by atomic mass is 15.1. The van der Waals surface area contributed by atoms with Crippen LogP contribution in [0.2, 0.25) is 0 Å². The van der Waals surface area contributed by atoms with E-state index in [1.165, 1.54) is 32.4 Å². The van der Waals surface area contributed by atoms with Crippen LogP contribution in [-0.4, -0.2) is 25.0 Å². The SMILES string of the molecule is CCC1CCN(C)C[C@H](C)C1. The number of rotatable bonds is 1. The molecule has 0 aliphatic carbocycles. The Kier molecular flexibility index (Phi) is 3.38. The highest BCUT2D eigenvalue weighted by molar-refractivity contribution is 4.71. The second kappa shape index (κ2) is 4.10. The first-order valence-electron chi connectivity index (χ1n) is 4.91. The fourth-order valence-corrected chi connectivity index (χ4v) is 2.16. The molecule has 1 heterocycles. The Labute approximate surface area is 70.8 Å². The predicted octanol–water partition coefficient (Wildman–Crippen LogP) is 2.37. The molecule has 0 bridgehead atoms. The number of likely N-dealkylation sites (tertiary alicyclic amines) is 1. The molecular formula is C10H21N. The zero-order valence-electron chi connectivity index (χ0n) is 8.14. The van der Waals surface area contributed by atoms with Gasteiger partial charge in [-0.05, 0) is 38.3 Å². The molecule has 1 fully saturated rings. The van der Waals surface area contributed by atoms with E-state index in [1.54, 1.807) is 0 Å². The van der Waals surface area contributed by atoms with E-state index in [0.717, 1.165) is 11.8 Å². The largest absolute Gasteiger partial charge is 0.306 e. The minimum absolute atomic E-state index is 0.910. The predicted molar refractivity (Wildman–Crippen MR) is 49.7 cm³/mol. The van der Waals surface area contributed by atoms with Crippen molar-refractivity contribution in [2.24, 2.45) is 11.8 Å². The molecule has 0 aromatic rings. The number of hydrogen-bond acceptors (Lipinski definition) is 1. The quantitative estimate of drug-likeness (QED) is 0.562. The van der Waals surface area contributed by atoms with Gasteiger partial charge in [0, 0.05) is 6.54 Å². The number of nitrogens with zero attached hydrogens (tertiary/aromatic N) is 1. The van der Waals surface area contributed by atoms with Crippen LogP contribution in [0.1, 0.15) is 33.1 Å². The van der Waals surface area contributed by atoms with Crippen LogP contribution in [0.25, 0.3) is 0 Å². The van der Waals surface area contributed by atoms with Crippen LogP contribution in [0.4, 0.5) is 0 Å². The molecule has 2 atom stereocenters. The molecule has 1 aliphatic rings. The third kappa shape index (κ3) is 2.82. The van der Waals surface area contributed by atoms with E-state index in [1.807, 2.05) is 0 Å². The lowest BCUT2D eigenvalue weighted by Gasteiger charge is -2.15. The van der Waals surface area contributed by atoms with Crippen LogP contribution in [0.15, 0.2) is 0 Å². The molecule has 0 saturated carbocycles. The first-order valence-corrected chi connectivity index (χ1v) is 4.91. The third-order valence-corrected chi connectivity index (χ3v) is 2.86. The number of hydrogen-bond donors (Lipinski definition) is 0. The van der Waals surface area contributed by atoms with Gasteiger partial charge in [-0.1, -0.05) is 20.3 Å². The molecule has 1 saturated heterocycles. The van der Waals surface area contributed by atoms with Crippen molar-refractivity contribution in [3.8, 4) is 0 Å². The Morgan fingerprint density at radius 3 is 2.82 bits per heavy atom. The Bertz CT molecular complexity index is 111. The minimum atomic E-state index is 0.910. The second-order valence-electron chi connectivity index (χ2n) is 4.17. The van der Waals surface area contributed by atoms with Crippen molar-refractivity contribution in [1.29, 1.82) is 0 Å². The summed E-state index contributed by atoms with van der Waals surface area (Å²) in [5, 5.41) is 0. The lowest BCUT2D eigenvalue weighted by atomic mass is 9.93. The lowest BCUT2D eigenvalue weighted by Crippen LogP contribution is -2.22. The maximum absolute atomic E-state index is 2.47. The van der Waals surface area contributed by atoms with Crippen LogP contribution >= 0.6 is 0 Å². The minimum Gasteiger partial charge on any atom is -0.306 e. The molecule has 0 amide bonds. The topological polar surface area (TPSA) is 3.24 Å². The highest BCUT2D eigenvalue weighted by Crippen LogP contribution is 2.23. The van der Waals surface area contributed by atoms with Crippen LogP contribution in [-0.2, 0) is 0 Å². The molecule has 1 nitrogen and oxygen atoms in total. The van der Waals surface area contributed by atoms with Gasteiger partial charge >= 0.3 is 0 Å². The third-order valence-electron chi connectivity index (χ3n) is 2.86. The maximum Gasteiger partial charge on any atom is 0.000407 e. The van der Waals surface area contributed by atoms with Gasteiger partial charge in [0.25, 0.3) is 0 Å². The van der Waals surface area contributed by atoms with Crippen LogP contribution in [0.3, 0.4) is 0 Å². The van der Waals surface area contributed by atoms with Gasteiger partial charge < -0.3 is 4.90 Å². The van der Waals surface area contributed by atoms with Crippen LogP contribution in [0, 0.1) is 11.8 Å². The molecule has 0 N–H and O–H groups in total. The van der Waals surface area contributed by atoms with Gasteiger partial charge in [-0.15, -0.1) is 0 Å². The van der Waals surface area contributed by atoms with Crippen molar-refractivity contribution in [1.82, 2.24) is 4.90 Å². The van der Waals surface area contributed by atoms with Gasteiger partial charge in [0.1, 0.15) is 0 Å². The summed E-state index contributed by atoms with van der Waals surface area (Å²) in [5.74, 6) is 1.90. The van der Waals surface area contributed by atoms with Crippen molar-refractivity contribution < 1.29 is 0 Å². The average Bonchev–Trinajstić information content (AvgIpc) is 2.11. The van der Waals surface area contributed by atoms with E-state index in [4.69, 9.17) is 0 Å². The van der Waals surface area contributed by atoms with Gasteiger partial charge in [-0.3, -0.25) is 0 Å². The van der Waals surface area contributed by atoms with Crippen molar-refractivity contribution in [2.45, 2.75) is 33.1 Å². The highest BCUT2D eigenvalue weighted by Gasteiger charge is 2.17. The molecule has 66 valence electrons. The first-order chi connectivity index (χ1) is 5.22. The fourth-order valence-electron chi connectivity index (χ4n) is 2.16. The van der Waals surface area contributed by atoms with E-state index in [0.29, 0.717) is 0 Å². The summed E-state index contributed by atoms with van der Waals surface area (Å²) >= 11 is 0. The van der Waals surface area contributed by atoms with Crippen LogP contribution < -0.4 is 0 Å². The Balaban J connectivity index is 2.39. The molecule has 1 rings (SSSR count). The molecule has 1 heteroatoms. The molecule has 0 aromatic carbocycles. The summed E-state index contributed by atoms with van der Waals surface area (Å²) in [4.78, 5) is 2.47. The van der Waals surface area contributed by atoms with Gasteiger partial charge in [0.05, 0.1) is 0 Å². The molecular weight excluding hydrogens is 134 g/mol. The zero-order valence-corrected chi connectivity index (χ0v) is 8.14. The van der Waals surface area contributed by atoms with Gasteiger partial charge in [0.15, 0.2) is 0 Å². The van der Waals surface area contributed by atoms with E-state index in [9.17, 15) is 0 Å². The van der Waals surface area contributed by atoms with Gasteiger partial charge in [-0.2, -0.15) is 0 Å². The maximum atomic E-state index is 2.47. The molecule has 11 heavy (non-hydrogen) atoms. The summed E-state index contributed by atoms with van der Waals surface area (Å²) < 4.78 is 0. The zero-order chi connectivity index (χ0) is 8.27. The molecule has 1 aliphatic heterocycles. The Hall–Kier alpha value is -0.0400. The van der Waals surface area contributed by atoms with Crippen LogP contribution in [0.5, 0.6) is 0 Å². The summed E-state index contributed by atoms with van der Waals surface area (Å²) in [6.07, 6.45) is 4.23. The second-order valence-corrected chi connectivity index (χ2v) is 4.17. The fraction of sp³-hybridized carbons (Fsp3) is 1.00. The smallest absolute Gasteiger partial charge is 0.000407 e.